The second kappa shape index (κ2) is 10.7. The smallest absolute Gasteiger partial charge is 0.236 e. The summed E-state index contributed by atoms with van der Waals surface area (Å²) in [6.45, 7) is 6.61. The van der Waals surface area contributed by atoms with Crippen LogP contribution in [0.5, 0.6) is 0 Å². The van der Waals surface area contributed by atoms with Crippen molar-refractivity contribution in [2.75, 3.05) is 10.6 Å². The molecule has 0 heterocycles. The van der Waals surface area contributed by atoms with Crippen LogP contribution >= 0.6 is 12.2 Å². The van der Waals surface area contributed by atoms with Crippen molar-refractivity contribution < 1.29 is 17.2 Å². The third kappa shape index (κ3) is 6.76. The first-order valence-corrected chi connectivity index (χ1v) is 13.3. The fourth-order valence-electron chi connectivity index (χ4n) is 3.51. The van der Waals surface area contributed by atoms with Crippen LogP contribution in [-0.4, -0.2) is 19.8 Å². The fraction of sp³-hybridized carbons (Fsp3) is 0.269. The van der Waals surface area contributed by atoms with Gasteiger partial charge in [0.2, 0.25) is 10.0 Å². The van der Waals surface area contributed by atoms with E-state index < -0.39 is 21.7 Å². The van der Waals surface area contributed by atoms with Crippen LogP contribution in [0.1, 0.15) is 37.5 Å². The molecule has 35 heavy (non-hydrogen) atoms. The summed E-state index contributed by atoms with van der Waals surface area (Å²) in [6, 6.07) is 18.3. The van der Waals surface area contributed by atoms with Crippen LogP contribution in [-0.2, 0) is 28.5 Å². The zero-order valence-electron chi connectivity index (χ0n) is 20.1. The van der Waals surface area contributed by atoms with E-state index in [1.165, 1.54) is 17.7 Å². The molecule has 0 aliphatic rings. The predicted molar refractivity (Wildman–Crippen MR) is 141 cm³/mol. The number of hydrogen-bond acceptors (Lipinski definition) is 3. The van der Waals surface area contributed by atoms with Crippen molar-refractivity contribution in [2.24, 2.45) is 0 Å². The molecule has 5 nitrogen and oxygen atoms in total. The zero-order valence-corrected chi connectivity index (χ0v) is 21.7. The minimum absolute atomic E-state index is 0.0543. The molecule has 0 radical (unpaired) electrons. The van der Waals surface area contributed by atoms with Crippen molar-refractivity contribution in [3.8, 4) is 0 Å². The van der Waals surface area contributed by atoms with Gasteiger partial charge in [-0.15, -0.1) is 0 Å². The normalized spacial score (nSPS) is 11.7. The minimum atomic E-state index is -3.89. The zero-order chi connectivity index (χ0) is 25.8. The summed E-state index contributed by atoms with van der Waals surface area (Å²) >= 11 is 5.27. The Morgan fingerprint density at radius 2 is 1.51 bits per heavy atom. The summed E-state index contributed by atoms with van der Waals surface area (Å²) in [5.41, 5.74) is 1.94. The highest BCUT2D eigenvalue weighted by Crippen LogP contribution is 2.33. The molecule has 0 atom stereocenters. The first kappa shape index (κ1) is 26.6. The molecule has 186 valence electrons. The molecule has 0 amide bonds. The highest BCUT2D eigenvalue weighted by molar-refractivity contribution is 7.92. The van der Waals surface area contributed by atoms with Crippen molar-refractivity contribution in [2.45, 2.75) is 39.3 Å². The average molecular weight is 518 g/mol. The van der Waals surface area contributed by atoms with Gasteiger partial charge in [0.1, 0.15) is 5.82 Å². The number of rotatable bonds is 7. The number of halogens is 2. The van der Waals surface area contributed by atoms with Crippen LogP contribution in [0.15, 0.2) is 66.7 Å². The SMILES string of the molecule is CC(C)(C)c1ccc(CNC(=S)NCc2c(F)ccc(N(c3ccccc3)S(C)(=O)=O)c2F)cc1. The Kier molecular flexibility index (Phi) is 8.12. The largest absolute Gasteiger partial charge is 0.359 e. The van der Waals surface area contributed by atoms with Crippen LogP contribution in [0, 0.1) is 11.6 Å². The van der Waals surface area contributed by atoms with Gasteiger partial charge in [0, 0.05) is 18.7 Å². The summed E-state index contributed by atoms with van der Waals surface area (Å²) in [7, 11) is -3.89. The lowest BCUT2D eigenvalue weighted by atomic mass is 9.87. The van der Waals surface area contributed by atoms with Gasteiger partial charge >= 0.3 is 0 Å². The minimum Gasteiger partial charge on any atom is -0.359 e. The number of nitrogens with one attached hydrogen (secondary N) is 2. The molecule has 3 aromatic carbocycles. The standard InChI is InChI=1S/C26H29F2N3O2S2/c1-26(2,3)19-12-10-18(11-13-19)16-29-25(34)30-17-21-22(27)14-15-23(24(21)28)31(35(4,32)33)20-8-6-5-7-9-20/h5-15H,16-17H2,1-4H3,(H2,29,30,34). The van der Waals surface area contributed by atoms with E-state index in [0.717, 1.165) is 28.3 Å². The van der Waals surface area contributed by atoms with E-state index in [-0.39, 0.29) is 34.0 Å². The van der Waals surface area contributed by atoms with Crippen LogP contribution in [0.4, 0.5) is 20.2 Å². The van der Waals surface area contributed by atoms with Gasteiger partial charge in [-0.05, 0) is 53.0 Å². The number of nitrogens with zero attached hydrogens (tertiary/aromatic N) is 1. The van der Waals surface area contributed by atoms with Gasteiger partial charge in [-0.3, -0.25) is 0 Å². The molecule has 3 aromatic rings. The van der Waals surface area contributed by atoms with Crippen molar-refractivity contribution in [1.82, 2.24) is 10.6 Å². The molecule has 0 aliphatic heterocycles. The Bertz CT molecular complexity index is 1290. The quantitative estimate of drug-likeness (QED) is 0.404. The second-order valence-electron chi connectivity index (χ2n) is 9.21. The van der Waals surface area contributed by atoms with E-state index >= 15 is 4.39 Å². The Morgan fingerprint density at radius 1 is 0.914 bits per heavy atom. The summed E-state index contributed by atoms with van der Waals surface area (Å²) in [5, 5.41) is 6.05. The summed E-state index contributed by atoms with van der Waals surface area (Å²) in [4.78, 5) is 0. The Hall–Kier alpha value is -3.04. The number of anilines is 2. The average Bonchev–Trinajstić information content (AvgIpc) is 2.79. The lowest BCUT2D eigenvalue weighted by molar-refractivity contribution is 0.550. The van der Waals surface area contributed by atoms with Crippen LogP contribution in [0.2, 0.25) is 0 Å². The maximum absolute atomic E-state index is 15.4. The maximum Gasteiger partial charge on any atom is 0.236 e. The molecule has 2 N–H and O–H groups in total. The number of thiocarbonyl (C=S) groups is 1. The number of para-hydroxylation sites is 1. The molecule has 0 fully saturated rings. The number of hydrogen-bond donors (Lipinski definition) is 2. The van der Waals surface area contributed by atoms with E-state index in [9.17, 15) is 12.8 Å². The molecule has 0 saturated carbocycles. The van der Waals surface area contributed by atoms with E-state index in [0.29, 0.717) is 6.54 Å². The first-order chi connectivity index (χ1) is 16.4. The molecule has 9 heteroatoms. The summed E-state index contributed by atoms with van der Waals surface area (Å²) < 4.78 is 55.7. The highest BCUT2D eigenvalue weighted by atomic mass is 32.2. The topological polar surface area (TPSA) is 61.4 Å². The molecule has 0 unspecified atom stereocenters. The first-order valence-electron chi connectivity index (χ1n) is 11.0. The van der Waals surface area contributed by atoms with Gasteiger partial charge in [-0.1, -0.05) is 63.2 Å². The Labute approximate surface area is 211 Å². The number of sulfonamides is 1. The highest BCUT2D eigenvalue weighted by Gasteiger charge is 2.25. The van der Waals surface area contributed by atoms with Gasteiger partial charge in [0.25, 0.3) is 0 Å². The van der Waals surface area contributed by atoms with Crippen molar-refractivity contribution in [3.05, 3.63) is 95.1 Å². The fourth-order valence-corrected chi connectivity index (χ4v) is 4.66. The summed E-state index contributed by atoms with van der Waals surface area (Å²) in [6.07, 6.45) is 0.966. The Morgan fingerprint density at radius 3 is 2.09 bits per heavy atom. The van der Waals surface area contributed by atoms with Crippen LogP contribution in [0.25, 0.3) is 0 Å². The van der Waals surface area contributed by atoms with E-state index in [4.69, 9.17) is 12.2 Å². The van der Waals surface area contributed by atoms with Gasteiger partial charge in [0.15, 0.2) is 10.9 Å². The lowest BCUT2D eigenvalue weighted by Crippen LogP contribution is -2.35. The molecule has 0 spiro atoms. The lowest BCUT2D eigenvalue weighted by Gasteiger charge is -2.24. The third-order valence-electron chi connectivity index (χ3n) is 5.41. The van der Waals surface area contributed by atoms with Crippen LogP contribution in [0.3, 0.4) is 0 Å². The molecule has 3 rings (SSSR count). The third-order valence-corrected chi connectivity index (χ3v) is 6.77. The summed E-state index contributed by atoms with van der Waals surface area (Å²) in [5.74, 6) is -1.78. The van der Waals surface area contributed by atoms with Gasteiger partial charge in [0.05, 0.1) is 17.6 Å². The van der Waals surface area contributed by atoms with Crippen molar-refractivity contribution >= 4 is 38.7 Å². The molecule has 0 aromatic heterocycles. The van der Waals surface area contributed by atoms with Crippen molar-refractivity contribution in [3.63, 3.8) is 0 Å². The van der Waals surface area contributed by atoms with E-state index in [1.807, 2.05) is 12.1 Å². The van der Waals surface area contributed by atoms with Crippen LogP contribution < -0.4 is 14.9 Å². The molecular weight excluding hydrogens is 488 g/mol. The molecule has 0 aliphatic carbocycles. The van der Waals surface area contributed by atoms with Crippen molar-refractivity contribution in [1.29, 1.82) is 0 Å². The molecular formula is C26H29F2N3O2S2. The maximum atomic E-state index is 15.4. The number of benzene rings is 3. The monoisotopic (exact) mass is 517 g/mol. The van der Waals surface area contributed by atoms with Gasteiger partial charge in [-0.25, -0.2) is 21.5 Å². The van der Waals surface area contributed by atoms with E-state index in [1.54, 1.807) is 18.2 Å². The van der Waals surface area contributed by atoms with Gasteiger partial charge < -0.3 is 10.6 Å². The Balaban J connectivity index is 1.73. The molecule has 0 bridgehead atoms. The second-order valence-corrected chi connectivity index (χ2v) is 11.4. The molecule has 0 saturated heterocycles. The van der Waals surface area contributed by atoms with E-state index in [2.05, 4.69) is 43.5 Å². The van der Waals surface area contributed by atoms with Gasteiger partial charge in [-0.2, -0.15) is 0 Å². The predicted octanol–water partition coefficient (Wildman–Crippen LogP) is 5.52.